The zero-order chi connectivity index (χ0) is 72.9. The van der Waals surface area contributed by atoms with E-state index in [2.05, 4.69) is 115 Å². The van der Waals surface area contributed by atoms with E-state index in [1.165, 1.54) is 54.1 Å². The highest BCUT2D eigenvalue weighted by molar-refractivity contribution is 8.76. The Morgan fingerprint density at radius 2 is 1.44 bits per heavy atom. The van der Waals surface area contributed by atoms with Crippen molar-refractivity contribution >= 4 is 102 Å². The molecule has 5 heterocycles. The largest absolute Gasteiger partial charge is 0.370 e. The minimum absolute atomic E-state index is 0.0107. The summed E-state index contributed by atoms with van der Waals surface area (Å²) in [6, 6.07) is 8.17. The number of nitrogens with one attached hydrogen (secondary N) is 2. The number of allylic oxidation sites excluding steroid dienone is 8. The summed E-state index contributed by atoms with van der Waals surface area (Å²) in [5, 5.41) is 5.74. The van der Waals surface area contributed by atoms with Gasteiger partial charge in [0.2, 0.25) is 41.1 Å². The molecule has 3 saturated heterocycles. The number of likely N-dealkylation sites (N-methyl/N-ethyl adjacent to an activating group) is 1. The molecule has 2 aromatic rings. The Balaban J connectivity index is 0.762. The topological polar surface area (TPSA) is 351 Å². The van der Waals surface area contributed by atoms with Crippen LogP contribution < -0.4 is 38.5 Å². The van der Waals surface area contributed by atoms with Gasteiger partial charge in [-0.1, -0.05) is 84.9 Å². The number of amides is 6. The van der Waals surface area contributed by atoms with Crippen molar-refractivity contribution in [3.8, 4) is 0 Å². The molecule has 100 heavy (non-hydrogen) atoms. The second-order valence-corrected chi connectivity index (χ2v) is 31.8. The van der Waals surface area contributed by atoms with E-state index in [-0.39, 0.29) is 91.0 Å². The van der Waals surface area contributed by atoms with Gasteiger partial charge in [-0.2, -0.15) is 13.0 Å². The number of hydrogen-bond acceptors (Lipinski definition) is 16. The quantitative estimate of drug-likeness (QED) is 0.00684. The molecule has 0 aromatic heterocycles. The minimum Gasteiger partial charge on any atom is -0.370 e. The molecule has 3 fully saturated rings. The number of aliphatic imine (C=N–C) groups is 1. The van der Waals surface area contributed by atoms with E-state index in [0.29, 0.717) is 83.1 Å². The highest BCUT2D eigenvalue weighted by Crippen LogP contribution is 2.48. The van der Waals surface area contributed by atoms with Crippen molar-refractivity contribution in [2.75, 3.05) is 82.4 Å². The first kappa shape index (κ1) is 80.1. The number of benzene rings is 2. The van der Waals surface area contributed by atoms with Crippen LogP contribution >= 0.6 is 21.6 Å². The van der Waals surface area contributed by atoms with Crippen molar-refractivity contribution in [3.05, 3.63) is 101 Å². The third kappa shape index (κ3) is 21.2. The molecule has 548 valence electrons. The second kappa shape index (κ2) is 37.7. The van der Waals surface area contributed by atoms with Crippen LogP contribution in [0.15, 0.2) is 94.5 Å². The maximum atomic E-state index is 14.3. The molecule has 2 aromatic carbocycles. The van der Waals surface area contributed by atoms with Crippen molar-refractivity contribution in [3.63, 3.8) is 0 Å². The van der Waals surface area contributed by atoms with Gasteiger partial charge in [0.1, 0.15) is 42.3 Å². The number of nitrogens with two attached hydrogens (primary N) is 4. The van der Waals surface area contributed by atoms with Gasteiger partial charge in [0, 0.05) is 124 Å². The van der Waals surface area contributed by atoms with Crippen LogP contribution in [-0.4, -0.2) is 197 Å². The predicted octanol–water partition coefficient (Wildman–Crippen LogP) is 6.85. The number of likely N-dealkylation sites (tertiary alicyclic amines) is 3. The van der Waals surface area contributed by atoms with Gasteiger partial charge in [-0.25, -0.2) is 0 Å². The molecule has 5 aliphatic heterocycles. The van der Waals surface area contributed by atoms with E-state index in [1.807, 2.05) is 24.3 Å². The summed E-state index contributed by atoms with van der Waals surface area (Å²) in [5.41, 5.74) is 29.4. The zero-order valence-corrected chi connectivity index (χ0v) is 62.0. The van der Waals surface area contributed by atoms with Crippen molar-refractivity contribution in [1.29, 1.82) is 0 Å². The van der Waals surface area contributed by atoms with Gasteiger partial charge in [0.25, 0.3) is 10.1 Å². The SMILES string of the molecule is CCC[N+]1=C(C=CC=CC=CC=C2N(CC)c3ccc(CN(C)CCCC(=O)CCCCSSC[C@H](CC(=O)CCCNC(=O)[C@@H]4CCCN4C(=O)[C@@H]4CCCN4C(=O)[C@H](CCCN=C(N)N)NC(=O)[C@@H]4CCCN4C(=O)CN)C(N)=O)cc3C2(C)C)C(C)(C)c2cc(S(=O)(=O)O)ccc21. The van der Waals surface area contributed by atoms with Crippen molar-refractivity contribution < 1.29 is 55.9 Å². The van der Waals surface area contributed by atoms with Crippen molar-refractivity contribution in [2.24, 2.45) is 33.8 Å². The molecular weight excluding hydrogens is 1330 g/mol. The molecule has 5 atom stereocenters. The third-order valence-corrected chi connectivity index (χ3v) is 23.1. The number of Topliss-reactive ketones (excluding diaryl/α,β-unsaturated/α-hetero) is 2. The van der Waals surface area contributed by atoms with E-state index < -0.39 is 63.3 Å². The van der Waals surface area contributed by atoms with E-state index in [1.54, 1.807) is 22.9 Å². The standard InChI is InChI=1S/C73H107N13O11S3/c1-8-38-83-59-35-33-54(100(95,96)97)46-56(59)73(5,6)64(83)31-14-12-10-11-13-30-63-72(3,4)55-44-50(32-34-58(55)82(63)9-2)48-81(7)39-19-25-52(87)23-15-16-43-98-99-49-51(66(75)90)45-53(88)24-17-36-78-67(91)60-27-21-41-85(60)70(94)62-29-22-42-86(62)69(93)57(26-18-37-79-71(76)77)80-68(92)61-28-20-40-84(61)65(89)47-74/h10-14,30-35,44,46,51,57,60-62H,8-9,15-29,36-43,45,47-49,74H2,1-7H3,(H8-,75,76,77,78,79,80,90,91,92,95,96,97)/p+1/t51-,57-,60-,61-,62-/m0/s1. The number of primary amides is 1. The Morgan fingerprint density at radius 1 is 0.770 bits per heavy atom. The molecular formula is C73H108N13O11S3+. The van der Waals surface area contributed by atoms with E-state index >= 15 is 0 Å². The molecule has 27 heteroatoms. The molecule has 0 unspecified atom stereocenters. The average molecular weight is 1440 g/mol. The molecule has 0 aliphatic carbocycles. The Hall–Kier alpha value is -7.17. The fourth-order valence-electron chi connectivity index (χ4n) is 14.4. The maximum absolute atomic E-state index is 14.3. The van der Waals surface area contributed by atoms with E-state index in [0.717, 1.165) is 74.6 Å². The molecule has 0 bridgehead atoms. The first-order valence-corrected chi connectivity index (χ1v) is 39.5. The molecule has 6 amide bonds. The lowest BCUT2D eigenvalue weighted by molar-refractivity contribution is -0.437. The second-order valence-electron chi connectivity index (χ2n) is 27.7. The molecule has 0 saturated carbocycles. The van der Waals surface area contributed by atoms with Crippen LogP contribution in [0, 0.1) is 5.92 Å². The smallest absolute Gasteiger partial charge is 0.294 e. The van der Waals surface area contributed by atoms with Crippen molar-refractivity contribution in [2.45, 2.75) is 197 Å². The van der Waals surface area contributed by atoms with Gasteiger partial charge in [-0.05, 0) is 147 Å². The number of hydrogen-bond donors (Lipinski definition) is 7. The number of ketones is 2. The minimum atomic E-state index is -4.33. The van der Waals surface area contributed by atoms with Crippen LogP contribution in [-0.2, 0) is 65.8 Å². The molecule has 0 radical (unpaired) electrons. The Bertz CT molecular complexity index is 3580. The number of carbonyl (C=O) groups is 8. The van der Waals surface area contributed by atoms with Gasteiger partial charge in [0.05, 0.1) is 22.8 Å². The Labute approximate surface area is 599 Å². The third-order valence-electron chi connectivity index (χ3n) is 19.6. The predicted molar refractivity (Wildman–Crippen MR) is 396 cm³/mol. The summed E-state index contributed by atoms with van der Waals surface area (Å²) in [7, 11) is 0.846. The summed E-state index contributed by atoms with van der Waals surface area (Å²) in [6.45, 7) is 17.2. The van der Waals surface area contributed by atoms with Gasteiger partial charge < -0.3 is 58.1 Å². The van der Waals surface area contributed by atoms with Crippen molar-refractivity contribution in [1.82, 2.24) is 30.2 Å². The van der Waals surface area contributed by atoms with Gasteiger partial charge >= 0.3 is 0 Å². The van der Waals surface area contributed by atoms with E-state index in [4.69, 9.17) is 22.9 Å². The lowest BCUT2D eigenvalue weighted by atomic mass is 9.81. The Kier molecular flexibility index (Phi) is 30.2. The van der Waals surface area contributed by atoms with Crippen LogP contribution in [0.4, 0.5) is 11.4 Å². The summed E-state index contributed by atoms with van der Waals surface area (Å²) in [4.78, 5) is 120. The summed E-state index contributed by atoms with van der Waals surface area (Å²) in [6.07, 6.45) is 22.6. The van der Waals surface area contributed by atoms with Crippen LogP contribution in [0.2, 0.25) is 0 Å². The van der Waals surface area contributed by atoms with Gasteiger partial charge in [-0.3, -0.25) is 47.9 Å². The first-order chi connectivity index (χ1) is 47.6. The summed E-state index contributed by atoms with van der Waals surface area (Å²) >= 11 is 0. The lowest BCUT2D eigenvalue weighted by Crippen LogP contribution is -2.58. The molecule has 5 aliphatic rings. The highest BCUT2D eigenvalue weighted by atomic mass is 33.1. The normalized spacial score (nSPS) is 19.7. The molecule has 11 N–H and O–H groups in total. The number of unbranched alkanes of at least 4 members (excludes halogenated alkanes) is 1. The monoisotopic (exact) mass is 1440 g/mol. The summed E-state index contributed by atoms with van der Waals surface area (Å²) in [5.74, 6) is -2.03. The molecule has 24 nitrogen and oxygen atoms in total. The van der Waals surface area contributed by atoms with Gasteiger partial charge in [0.15, 0.2) is 11.7 Å². The highest BCUT2D eigenvalue weighted by Gasteiger charge is 2.47. The van der Waals surface area contributed by atoms with Gasteiger partial charge in [-0.15, -0.1) is 0 Å². The Morgan fingerprint density at radius 3 is 2.13 bits per heavy atom. The van der Waals surface area contributed by atoms with Crippen LogP contribution in [0.3, 0.4) is 0 Å². The molecule has 7 rings (SSSR count). The van der Waals surface area contributed by atoms with Crippen LogP contribution in [0.5, 0.6) is 0 Å². The zero-order valence-electron chi connectivity index (χ0n) is 59.6. The number of guanidine groups is 1. The number of carbonyl (C=O) groups excluding carboxylic acids is 8. The first-order valence-electron chi connectivity index (χ1n) is 35.5. The number of nitrogens with zero attached hydrogens (tertiary/aromatic N) is 7. The fourth-order valence-corrected chi connectivity index (χ4v) is 17.3. The lowest BCUT2D eigenvalue weighted by Gasteiger charge is -2.33. The van der Waals surface area contributed by atoms with E-state index in [9.17, 15) is 51.3 Å². The fraction of sp³-hybridized carbons (Fsp3) is 0.589. The molecule has 0 spiro atoms. The number of rotatable bonds is 39. The average Bonchev–Trinajstić information content (AvgIpc) is 1.60. The number of anilines is 1. The summed E-state index contributed by atoms with van der Waals surface area (Å²) < 4.78 is 35.9. The maximum Gasteiger partial charge on any atom is 0.294 e. The van der Waals surface area contributed by atoms with Crippen LogP contribution in [0.1, 0.15) is 167 Å². The van der Waals surface area contributed by atoms with Crippen LogP contribution in [0.25, 0.3) is 0 Å². The number of fused-ring (bicyclic) bond motifs is 2.